The van der Waals surface area contributed by atoms with E-state index in [0.717, 1.165) is 16.7 Å². The number of carboxylic acids is 1. The van der Waals surface area contributed by atoms with Gasteiger partial charge in [-0.1, -0.05) is 60.7 Å². The molecule has 2 aromatic rings. The minimum atomic E-state index is -3.49. The van der Waals surface area contributed by atoms with E-state index >= 15 is 0 Å². The number of allylic oxidation sites excluding steroid dienone is 1. The first-order valence-corrected chi connectivity index (χ1v) is 10.5. The van der Waals surface area contributed by atoms with Crippen molar-refractivity contribution in [2.45, 2.75) is 30.9 Å². The van der Waals surface area contributed by atoms with E-state index in [2.05, 4.69) is 0 Å². The molecule has 26 heavy (non-hydrogen) atoms. The minimum absolute atomic E-state index is 0.0348. The molecule has 0 aromatic heterocycles. The molecule has 0 saturated heterocycles. The number of carbonyl (C=O) groups is 1. The van der Waals surface area contributed by atoms with Gasteiger partial charge in [-0.3, -0.25) is 0 Å². The number of benzene rings is 2. The van der Waals surface area contributed by atoms with Crippen molar-refractivity contribution in [2.24, 2.45) is 0 Å². The summed E-state index contributed by atoms with van der Waals surface area (Å²) in [7, 11) is -3.49. The quantitative estimate of drug-likeness (QED) is 0.838. The highest BCUT2D eigenvalue weighted by Gasteiger charge is 2.33. The number of aliphatic carboxylic acids is 1. The zero-order valence-corrected chi connectivity index (χ0v) is 15.3. The predicted octanol–water partition coefficient (Wildman–Crippen LogP) is 3.87. The van der Waals surface area contributed by atoms with Gasteiger partial charge in [0.05, 0.1) is 16.6 Å². The van der Waals surface area contributed by atoms with Crippen LogP contribution in [0.4, 0.5) is 0 Å². The molecule has 0 radical (unpaired) electrons. The molecule has 1 N–H and O–H groups in total. The van der Waals surface area contributed by atoms with Gasteiger partial charge in [0.25, 0.3) is 0 Å². The Morgan fingerprint density at radius 2 is 1.65 bits per heavy atom. The molecule has 1 aliphatic rings. The SMILES string of the molecule is O=C(O)C1=CCCCC1S(=O)(=O)CCc1ccc(-c2ccccc2)cc1. The van der Waals surface area contributed by atoms with Crippen LogP contribution in [0.25, 0.3) is 11.1 Å². The van der Waals surface area contributed by atoms with E-state index in [4.69, 9.17) is 0 Å². The maximum Gasteiger partial charge on any atom is 0.332 e. The van der Waals surface area contributed by atoms with Gasteiger partial charge in [0.2, 0.25) is 0 Å². The predicted molar refractivity (Wildman–Crippen MR) is 103 cm³/mol. The first-order valence-electron chi connectivity index (χ1n) is 8.76. The summed E-state index contributed by atoms with van der Waals surface area (Å²) in [5, 5.41) is 8.39. The number of hydrogen-bond acceptors (Lipinski definition) is 3. The summed E-state index contributed by atoms with van der Waals surface area (Å²) in [5.74, 6) is -1.15. The van der Waals surface area contributed by atoms with Crippen LogP contribution in [0.5, 0.6) is 0 Å². The Labute approximate surface area is 154 Å². The monoisotopic (exact) mass is 370 g/mol. The summed E-state index contributed by atoms with van der Waals surface area (Å²) < 4.78 is 25.3. The standard InChI is InChI=1S/C21H22O4S/c22-21(23)19-8-4-5-9-20(19)26(24,25)15-14-16-10-12-18(13-11-16)17-6-2-1-3-7-17/h1-3,6-8,10-13,20H,4-5,9,14-15H2,(H,22,23). The maximum atomic E-state index is 12.7. The zero-order chi connectivity index (χ0) is 18.6. The van der Waals surface area contributed by atoms with Gasteiger partial charge in [-0.2, -0.15) is 0 Å². The van der Waals surface area contributed by atoms with Crippen molar-refractivity contribution in [1.82, 2.24) is 0 Å². The van der Waals surface area contributed by atoms with Crippen LogP contribution < -0.4 is 0 Å². The number of rotatable bonds is 6. The summed E-state index contributed by atoms with van der Waals surface area (Å²) in [4.78, 5) is 11.3. The van der Waals surface area contributed by atoms with E-state index in [-0.39, 0.29) is 11.3 Å². The van der Waals surface area contributed by atoms with E-state index in [0.29, 0.717) is 25.7 Å². The molecule has 0 amide bonds. The third-order valence-corrected chi connectivity index (χ3v) is 6.93. The van der Waals surface area contributed by atoms with Gasteiger partial charge in [-0.25, -0.2) is 13.2 Å². The first-order chi connectivity index (χ1) is 12.5. The second kappa shape index (κ2) is 7.87. The van der Waals surface area contributed by atoms with Crippen molar-refractivity contribution >= 4 is 15.8 Å². The second-order valence-corrected chi connectivity index (χ2v) is 8.87. The lowest BCUT2D eigenvalue weighted by Gasteiger charge is -2.21. The molecule has 136 valence electrons. The molecular formula is C21H22O4S. The van der Waals surface area contributed by atoms with E-state index in [1.54, 1.807) is 6.08 Å². The van der Waals surface area contributed by atoms with Crippen LogP contribution in [0.3, 0.4) is 0 Å². The molecule has 0 heterocycles. The molecule has 1 aliphatic carbocycles. The summed E-state index contributed by atoms with van der Waals surface area (Å²) in [6.45, 7) is 0. The highest BCUT2D eigenvalue weighted by molar-refractivity contribution is 7.92. The number of carboxylic acid groups (broad SMARTS) is 1. The molecule has 1 unspecified atom stereocenters. The van der Waals surface area contributed by atoms with Crippen molar-refractivity contribution in [3.05, 3.63) is 71.8 Å². The molecular weight excluding hydrogens is 348 g/mol. The molecule has 0 bridgehead atoms. The smallest absolute Gasteiger partial charge is 0.332 e. The van der Waals surface area contributed by atoms with Crippen LogP contribution in [0, 0.1) is 0 Å². The first kappa shape index (κ1) is 18.4. The fraction of sp³-hybridized carbons (Fsp3) is 0.286. The van der Waals surface area contributed by atoms with E-state index < -0.39 is 21.1 Å². The van der Waals surface area contributed by atoms with Gasteiger partial charge >= 0.3 is 5.97 Å². The van der Waals surface area contributed by atoms with Gasteiger partial charge in [0.1, 0.15) is 0 Å². The summed E-state index contributed by atoms with van der Waals surface area (Å²) >= 11 is 0. The molecule has 0 spiro atoms. The topological polar surface area (TPSA) is 71.4 Å². The number of aryl methyl sites for hydroxylation is 1. The highest BCUT2D eigenvalue weighted by Crippen LogP contribution is 2.26. The lowest BCUT2D eigenvalue weighted by Crippen LogP contribution is -2.32. The van der Waals surface area contributed by atoms with Crippen LogP contribution in [0.15, 0.2) is 66.2 Å². The average Bonchev–Trinajstić information content (AvgIpc) is 2.67. The number of hydrogen-bond donors (Lipinski definition) is 1. The molecule has 5 heteroatoms. The molecule has 0 saturated carbocycles. The third kappa shape index (κ3) is 4.22. The van der Waals surface area contributed by atoms with Crippen LogP contribution in [-0.2, 0) is 21.1 Å². The van der Waals surface area contributed by atoms with Crippen LogP contribution in [0.2, 0.25) is 0 Å². The summed E-state index contributed by atoms with van der Waals surface area (Å²) in [6.07, 6.45) is 3.69. The normalized spacial score (nSPS) is 17.5. The summed E-state index contributed by atoms with van der Waals surface area (Å²) in [6, 6.07) is 17.8. The Bertz CT molecular complexity index is 897. The van der Waals surface area contributed by atoms with Crippen LogP contribution >= 0.6 is 0 Å². The lowest BCUT2D eigenvalue weighted by molar-refractivity contribution is -0.132. The fourth-order valence-electron chi connectivity index (χ4n) is 3.34. The van der Waals surface area contributed by atoms with E-state index in [1.165, 1.54) is 0 Å². The Kier molecular flexibility index (Phi) is 5.57. The zero-order valence-electron chi connectivity index (χ0n) is 14.5. The fourth-order valence-corrected chi connectivity index (χ4v) is 5.26. The largest absolute Gasteiger partial charge is 0.478 e. The number of sulfone groups is 1. The lowest BCUT2D eigenvalue weighted by atomic mass is 9.99. The Hall–Kier alpha value is -2.40. The Balaban J connectivity index is 1.69. The van der Waals surface area contributed by atoms with Gasteiger partial charge in [0, 0.05) is 0 Å². The summed E-state index contributed by atoms with van der Waals surface area (Å²) in [5.41, 5.74) is 3.17. The van der Waals surface area contributed by atoms with Crippen LogP contribution in [-0.4, -0.2) is 30.5 Å². The third-order valence-electron chi connectivity index (χ3n) is 4.80. The molecule has 4 nitrogen and oxygen atoms in total. The molecule has 0 aliphatic heterocycles. The minimum Gasteiger partial charge on any atom is -0.478 e. The van der Waals surface area contributed by atoms with Crippen molar-refractivity contribution in [3.8, 4) is 11.1 Å². The van der Waals surface area contributed by atoms with Crippen molar-refractivity contribution in [3.63, 3.8) is 0 Å². The van der Waals surface area contributed by atoms with Gasteiger partial charge < -0.3 is 5.11 Å². The Morgan fingerprint density at radius 3 is 2.31 bits per heavy atom. The van der Waals surface area contributed by atoms with E-state index in [1.807, 2.05) is 54.6 Å². The molecule has 1 atom stereocenters. The maximum absolute atomic E-state index is 12.7. The van der Waals surface area contributed by atoms with Crippen molar-refractivity contribution in [1.29, 1.82) is 0 Å². The van der Waals surface area contributed by atoms with Crippen molar-refractivity contribution in [2.75, 3.05) is 5.75 Å². The van der Waals surface area contributed by atoms with Gasteiger partial charge in [-0.05, 0) is 42.4 Å². The average molecular weight is 370 g/mol. The molecule has 0 fully saturated rings. The molecule has 2 aromatic carbocycles. The van der Waals surface area contributed by atoms with Gasteiger partial charge in [0.15, 0.2) is 9.84 Å². The van der Waals surface area contributed by atoms with Gasteiger partial charge in [-0.15, -0.1) is 0 Å². The second-order valence-electron chi connectivity index (χ2n) is 6.56. The highest BCUT2D eigenvalue weighted by atomic mass is 32.2. The van der Waals surface area contributed by atoms with Crippen LogP contribution in [0.1, 0.15) is 24.8 Å². The molecule has 3 rings (SSSR count). The van der Waals surface area contributed by atoms with Crippen molar-refractivity contribution < 1.29 is 18.3 Å². The Morgan fingerprint density at radius 1 is 1.00 bits per heavy atom. The van der Waals surface area contributed by atoms with E-state index in [9.17, 15) is 18.3 Å².